The lowest BCUT2D eigenvalue weighted by Gasteiger charge is -2.16. The molecule has 0 aromatic carbocycles. The van der Waals surface area contributed by atoms with Gasteiger partial charge in [0.15, 0.2) is 0 Å². The molecule has 2 rings (SSSR count). The number of thiophene rings is 1. The zero-order valence-electron chi connectivity index (χ0n) is 13.3. The van der Waals surface area contributed by atoms with Crippen LogP contribution in [0, 0.1) is 19.8 Å². The standard InChI is InChI=1S/C16H26N2OS.ClH/c1-12-9-15(13(2)20-12)5-4-6-16(19)18-8-7-14(11-18)10-17-3;/h9,14,17H,4-8,10-11H2,1-3H3;1H. The Hall–Kier alpha value is -0.580. The van der Waals surface area contributed by atoms with Gasteiger partial charge in [-0.2, -0.15) is 0 Å². The molecule has 1 atom stereocenters. The van der Waals surface area contributed by atoms with Gasteiger partial charge in [0.1, 0.15) is 0 Å². The van der Waals surface area contributed by atoms with Crippen LogP contribution in [0.3, 0.4) is 0 Å². The van der Waals surface area contributed by atoms with Gasteiger partial charge in [0.05, 0.1) is 0 Å². The molecule has 0 saturated carbocycles. The highest BCUT2D eigenvalue weighted by molar-refractivity contribution is 7.12. The summed E-state index contributed by atoms with van der Waals surface area (Å²) >= 11 is 1.86. The Morgan fingerprint density at radius 2 is 2.24 bits per heavy atom. The van der Waals surface area contributed by atoms with Crippen LogP contribution in [-0.4, -0.2) is 37.5 Å². The molecule has 0 bridgehead atoms. The van der Waals surface area contributed by atoms with E-state index in [-0.39, 0.29) is 12.4 Å². The first-order chi connectivity index (χ1) is 9.60. The number of likely N-dealkylation sites (tertiary alicyclic amines) is 1. The fraction of sp³-hybridized carbons (Fsp3) is 0.688. The topological polar surface area (TPSA) is 32.3 Å². The molecule has 1 N–H and O–H groups in total. The van der Waals surface area contributed by atoms with Gasteiger partial charge in [-0.15, -0.1) is 23.7 Å². The van der Waals surface area contributed by atoms with Gasteiger partial charge in [-0.05, 0) is 64.3 Å². The smallest absolute Gasteiger partial charge is 0.222 e. The van der Waals surface area contributed by atoms with Crippen molar-refractivity contribution in [3.05, 3.63) is 21.4 Å². The number of carbonyl (C=O) groups excluding carboxylic acids is 1. The van der Waals surface area contributed by atoms with E-state index in [0.29, 0.717) is 18.2 Å². The molecular weight excluding hydrogens is 304 g/mol. The second-order valence-electron chi connectivity index (χ2n) is 5.84. The fourth-order valence-corrected chi connectivity index (χ4v) is 4.01. The van der Waals surface area contributed by atoms with Crippen LogP contribution in [0.15, 0.2) is 6.07 Å². The minimum Gasteiger partial charge on any atom is -0.342 e. The average molecular weight is 331 g/mol. The first-order valence-corrected chi connectivity index (χ1v) is 8.40. The maximum atomic E-state index is 12.2. The van der Waals surface area contributed by atoms with E-state index in [1.165, 1.54) is 15.3 Å². The van der Waals surface area contributed by atoms with Gasteiger partial charge in [-0.1, -0.05) is 0 Å². The first kappa shape index (κ1) is 18.5. The summed E-state index contributed by atoms with van der Waals surface area (Å²) < 4.78 is 0. The summed E-state index contributed by atoms with van der Waals surface area (Å²) in [6, 6.07) is 2.27. The molecule has 0 radical (unpaired) electrons. The zero-order chi connectivity index (χ0) is 14.5. The van der Waals surface area contributed by atoms with E-state index in [0.717, 1.165) is 38.9 Å². The molecule has 0 spiro atoms. The normalized spacial score (nSPS) is 17.9. The molecule has 120 valence electrons. The number of rotatable bonds is 6. The van der Waals surface area contributed by atoms with Crippen LogP contribution in [0.4, 0.5) is 0 Å². The van der Waals surface area contributed by atoms with Gasteiger partial charge >= 0.3 is 0 Å². The van der Waals surface area contributed by atoms with Crippen molar-refractivity contribution in [2.75, 3.05) is 26.7 Å². The predicted molar refractivity (Wildman–Crippen MR) is 92.6 cm³/mol. The summed E-state index contributed by atoms with van der Waals surface area (Å²) in [5.41, 5.74) is 1.43. The Morgan fingerprint density at radius 3 is 2.86 bits per heavy atom. The highest BCUT2D eigenvalue weighted by atomic mass is 35.5. The molecule has 5 heteroatoms. The number of aryl methyl sites for hydroxylation is 3. The molecule has 1 amide bonds. The molecular formula is C16H27ClN2OS. The van der Waals surface area contributed by atoms with Crippen LogP contribution in [0.1, 0.15) is 34.6 Å². The van der Waals surface area contributed by atoms with Crippen LogP contribution in [0.25, 0.3) is 0 Å². The molecule has 3 nitrogen and oxygen atoms in total. The summed E-state index contributed by atoms with van der Waals surface area (Å²) in [5.74, 6) is 0.985. The number of nitrogens with one attached hydrogen (secondary N) is 1. The van der Waals surface area contributed by atoms with E-state index in [9.17, 15) is 4.79 Å². The molecule has 21 heavy (non-hydrogen) atoms. The van der Waals surface area contributed by atoms with E-state index in [1.54, 1.807) is 0 Å². The van der Waals surface area contributed by atoms with Gasteiger partial charge in [0, 0.05) is 29.3 Å². The number of halogens is 1. The molecule has 1 unspecified atom stereocenters. The van der Waals surface area contributed by atoms with Crippen LogP contribution in [-0.2, 0) is 11.2 Å². The molecule has 2 heterocycles. The number of hydrogen-bond donors (Lipinski definition) is 1. The molecule has 1 aliphatic heterocycles. The quantitative estimate of drug-likeness (QED) is 0.869. The number of carbonyl (C=O) groups is 1. The monoisotopic (exact) mass is 330 g/mol. The van der Waals surface area contributed by atoms with Crippen molar-refractivity contribution in [1.29, 1.82) is 0 Å². The summed E-state index contributed by atoms with van der Waals surface area (Å²) in [6.07, 6.45) is 3.86. The minimum atomic E-state index is 0. The van der Waals surface area contributed by atoms with Crippen molar-refractivity contribution < 1.29 is 4.79 Å². The Morgan fingerprint density at radius 1 is 1.48 bits per heavy atom. The number of hydrogen-bond acceptors (Lipinski definition) is 3. The lowest BCUT2D eigenvalue weighted by atomic mass is 10.1. The third-order valence-electron chi connectivity index (χ3n) is 4.11. The average Bonchev–Trinajstić information content (AvgIpc) is 2.97. The van der Waals surface area contributed by atoms with E-state index in [2.05, 4.69) is 25.2 Å². The molecule has 1 aliphatic rings. The highest BCUT2D eigenvalue weighted by Crippen LogP contribution is 2.23. The number of nitrogens with zero attached hydrogens (tertiary/aromatic N) is 1. The second kappa shape index (κ2) is 8.76. The largest absolute Gasteiger partial charge is 0.342 e. The van der Waals surface area contributed by atoms with Crippen molar-refractivity contribution in [1.82, 2.24) is 10.2 Å². The van der Waals surface area contributed by atoms with Gasteiger partial charge in [-0.3, -0.25) is 4.79 Å². The summed E-state index contributed by atoms with van der Waals surface area (Å²) in [4.78, 5) is 17.0. The van der Waals surface area contributed by atoms with Gasteiger partial charge < -0.3 is 10.2 Å². The van der Waals surface area contributed by atoms with E-state index >= 15 is 0 Å². The van der Waals surface area contributed by atoms with E-state index in [1.807, 2.05) is 23.3 Å². The van der Waals surface area contributed by atoms with Gasteiger partial charge in [0.25, 0.3) is 0 Å². The van der Waals surface area contributed by atoms with Crippen LogP contribution < -0.4 is 5.32 Å². The van der Waals surface area contributed by atoms with Crippen molar-refractivity contribution in [2.45, 2.75) is 39.5 Å². The van der Waals surface area contributed by atoms with Crippen LogP contribution >= 0.6 is 23.7 Å². The second-order valence-corrected chi connectivity index (χ2v) is 7.30. The zero-order valence-corrected chi connectivity index (χ0v) is 14.9. The third kappa shape index (κ3) is 5.28. The van der Waals surface area contributed by atoms with Crippen molar-refractivity contribution in [2.24, 2.45) is 5.92 Å². The molecule has 1 saturated heterocycles. The van der Waals surface area contributed by atoms with E-state index in [4.69, 9.17) is 0 Å². The Balaban J connectivity index is 0.00000220. The summed E-state index contributed by atoms with van der Waals surface area (Å²) in [6.45, 7) is 7.24. The fourth-order valence-electron chi connectivity index (χ4n) is 3.03. The van der Waals surface area contributed by atoms with Gasteiger partial charge in [-0.25, -0.2) is 0 Å². The van der Waals surface area contributed by atoms with Crippen molar-refractivity contribution in [3.8, 4) is 0 Å². The lowest BCUT2D eigenvalue weighted by molar-refractivity contribution is -0.130. The maximum absolute atomic E-state index is 12.2. The Bertz CT molecular complexity index is 461. The van der Waals surface area contributed by atoms with Crippen molar-refractivity contribution >= 4 is 29.7 Å². The Labute approximate surface area is 138 Å². The number of amides is 1. The molecule has 0 aliphatic carbocycles. The Kier molecular flexibility index (Phi) is 7.71. The highest BCUT2D eigenvalue weighted by Gasteiger charge is 2.25. The predicted octanol–water partition coefficient (Wildman–Crippen LogP) is 3.18. The maximum Gasteiger partial charge on any atom is 0.222 e. The SMILES string of the molecule is CNCC1CCN(C(=O)CCCc2cc(C)sc2C)C1.Cl. The molecule has 1 aromatic heterocycles. The minimum absolute atomic E-state index is 0. The lowest BCUT2D eigenvalue weighted by Crippen LogP contribution is -2.30. The summed E-state index contributed by atoms with van der Waals surface area (Å²) in [5, 5.41) is 3.21. The third-order valence-corrected chi connectivity index (χ3v) is 5.12. The summed E-state index contributed by atoms with van der Waals surface area (Å²) in [7, 11) is 1.98. The van der Waals surface area contributed by atoms with Gasteiger partial charge in [0.2, 0.25) is 5.91 Å². The first-order valence-electron chi connectivity index (χ1n) is 7.58. The van der Waals surface area contributed by atoms with E-state index < -0.39 is 0 Å². The van der Waals surface area contributed by atoms with Crippen LogP contribution in [0.2, 0.25) is 0 Å². The van der Waals surface area contributed by atoms with Crippen molar-refractivity contribution in [3.63, 3.8) is 0 Å². The molecule has 1 fully saturated rings. The van der Waals surface area contributed by atoms with Crippen LogP contribution in [0.5, 0.6) is 0 Å². The molecule has 1 aromatic rings.